The van der Waals surface area contributed by atoms with Crippen molar-refractivity contribution in [2.75, 3.05) is 5.43 Å². The molecule has 2 rings (SSSR count). The van der Waals surface area contributed by atoms with Crippen LogP contribution in [-0.4, -0.2) is 16.8 Å². The van der Waals surface area contributed by atoms with Crippen LogP contribution in [-0.2, 0) is 11.2 Å². The molecule has 21 heavy (non-hydrogen) atoms. The average molecular weight is 370 g/mol. The SMILES string of the molecule is CC(C)=NNc1[nH+]c(-c2ccccc2)c(CC(=O)O)s1.[Br-]. The van der Waals surface area contributed by atoms with E-state index in [0.29, 0.717) is 0 Å². The molecule has 1 aromatic carbocycles. The zero-order valence-corrected chi connectivity index (χ0v) is 14.1. The van der Waals surface area contributed by atoms with Crippen LogP contribution < -0.4 is 27.4 Å². The van der Waals surface area contributed by atoms with E-state index in [1.807, 2.05) is 44.2 Å². The first kappa shape index (κ1) is 17.3. The molecule has 3 N–H and O–H groups in total. The third kappa shape index (κ3) is 4.95. The van der Waals surface area contributed by atoms with E-state index < -0.39 is 5.97 Å². The monoisotopic (exact) mass is 369 g/mol. The van der Waals surface area contributed by atoms with Gasteiger partial charge in [-0.05, 0) is 25.2 Å². The third-order valence-corrected chi connectivity index (χ3v) is 3.49. The van der Waals surface area contributed by atoms with Crippen LogP contribution in [0.4, 0.5) is 5.13 Å². The average Bonchev–Trinajstić information content (AvgIpc) is 2.79. The van der Waals surface area contributed by atoms with Crippen molar-refractivity contribution >= 4 is 28.1 Å². The topological polar surface area (TPSA) is 75.8 Å². The predicted octanol–water partition coefficient (Wildman–Crippen LogP) is -0.332. The number of halogens is 1. The lowest BCUT2D eigenvalue weighted by molar-refractivity contribution is -0.341. The zero-order valence-electron chi connectivity index (χ0n) is 11.7. The number of carbonyl (C=O) groups is 1. The number of rotatable bonds is 5. The summed E-state index contributed by atoms with van der Waals surface area (Å²) in [5, 5.41) is 13.9. The Morgan fingerprint density at radius 2 is 2.00 bits per heavy atom. The lowest BCUT2D eigenvalue weighted by atomic mass is 10.1. The number of thiazole rings is 1. The minimum absolute atomic E-state index is 0. The number of aromatic nitrogens is 1. The molecule has 0 fully saturated rings. The highest BCUT2D eigenvalue weighted by atomic mass is 79.9. The molecule has 0 aliphatic heterocycles. The molecule has 0 spiro atoms. The Hall–Kier alpha value is -1.73. The maximum absolute atomic E-state index is 11.0. The van der Waals surface area contributed by atoms with Crippen LogP contribution >= 0.6 is 11.3 Å². The van der Waals surface area contributed by atoms with E-state index in [4.69, 9.17) is 5.11 Å². The highest BCUT2D eigenvalue weighted by Crippen LogP contribution is 2.27. The number of H-pyrrole nitrogens is 1. The summed E-state index contributed by atoms with van der Waals surface area (Å²) in [6.07, 6.45) is -0.0120. The van der Waals surface area contributed by atoms with Crippen molar-refractivity contribution in [2.24, 2.45) is 5.10 Å². The Morgan fingerprint density at radius 1 is 1.33 bits per heavy atom. The number of benzene rings is 1. The van der Waals surface area contributed by atoms with E-state index in [0.717, 1.165) is 27.0 Å². The second-order valence-corrected chi connectivity index (χ2v) is 5.57. The van der Waals surface area contributed by atoms with Gasteiger partial charge in [0.15, 0.2) is 0 Å². The molecule has 0 saturated heterocycles. The summed E-state index contributed by atoms with van der Waals surface area (Å²) in [6, 6.07) is 9.67. The fraction of sp³-hybridized carbons (Fsp3) is 0.214. The molecule has 0 bridgehead atoms. The third-order valence-electron chi connectivity index (χ3n) is 2.50. The number of nitrogens with one attached hydrogen (secondary N) is 2. The standard InChI is InChI=1S/C14H15N3O2S.BrH/c1-9(2)16-17-14-15-13(10-6-4-3-5-7-10)11(20-14)8-12(18)19;/h3-7H,8H2,1-2H3,(H,15,17)(H,18,19);1H. The van der Waals surface area contributed by atoms with E-state index >= 15 is 0 Å². The minimum Gasteiger partial charge on any atom is -1.00 e. The lowest BCUT2D eigenvalue weighted by Gasteiger charge is -1.97. The summed E-state index contributed by atoms with van der Waals surface area (Å²) in [5.74, 6) is -0.848. The lowest BCUT2D eigenvalue weighted by Crippen LogP contribution is -3.00. The van der Waals surface area contributed by atoms with Gasteiger partial charge in [0.05, 0.1) is 17.0 Å². The minimum atomic E-state index is -0.848. The number of anilines is 1. The number of hydrogen-bond donors (Lipinski definition) is 2. The molecule has 0 unspecified atom stereocenters. The summed E-state index contributed by atoms with van der Waals surface area (Å²) in [4.78, 5) is 14.9. The van der Waals surface area contributed by atoms with Crippen LogP contribution in [0.3, 0.4) is 0 Å². The molecular weight excluding hydrogens is 354 g/mol. The Balaban J connectivity index is 0.00000220. The maximum Gasteiger partial charge on any atom is 0.357 e. The van der Waals surface area contributed by atoms with Gasteiger partial charge in [0.1, 0.15) is 5.69 Å². The fourth-order valence-corrected chi connectivity index (χ4v) is 2.65. The van der Waals surface area contributed by atoms with Gasteiger partial charge in [-0.2, -0.15) is 0 Å². The van der Waals surface area contributed by atoms with Gasteiger partial charge in [0.2, 0.25) is 0 Å². The van der Waals surface area contributed by atoms with Gasteiger partial charge in [-0.15, -0.1) is 5.43 Å². The summed E-state index contributed by atoms with van der Waals surface area (Å²) >= 11 is 1.37. The second-order valence-electron chi connectivity index (χ2n) is 4.46. The first-order valence-corrected chi connectivity index (χ1v) is 6.97. The molecule has 7 heteroatoms. The Kier molecular flexibility index (Phi) is 6.51. The van der Waals surface area contributed by atoms with Gasteiger partial charge < -0.3 is 22.1 Å². The summed E-state index contributed by atoms with van der Waals surface area (Å²) in [5.41, 5.74) is 5.59. The van der Waals surface area contributed by atoms with E-state index in [1.165, 1.54) is 11.3 Å². The summed E-state index contributed by atoms with van der Waals surface area (Å²) in [6.45, 7) is 3.77. The number of nitrogens with zero attached hydrogens (tertiary/aromatic N) is 1. The van der Waals surface area contributed by atoms with Crippen LogP contribution in [0.15, 0.2) is 35.4 Å². The Bertz CT molecular complexity index is 637. The van der Waals surface area contributed by atoms with Gasteiger partial charge in [0, 0.05) is 5.56 Å². The van der Waals surface area contributed by atoms with E-state index in [9.17, 15) is 4.79 Å². The van der Waals surface area contributed by atoms with Crippen molar-refractivity contribution in [1.29, 1.82) is 0 Å². The number of carboxylic acid groups (broad SMARTS) is 1. The molecule has 1 heterocycles. The fourth-order valence-electron chi connectivity index (χ4n) is 1.70. The van der Waals surface area contributed by atoms with Crippen LogP contribution in [0.2, 0.25) is 0 Å². The van der Waals surface area contributed by atoms with E-state index in [-0.39, 0.29) is 23.4 Å². The van der Waals surface area contributed by atoms with E-state index in [2.05, 4.69) is 15.5 Å². The normalized spacial score (nSPS) is 9.62. The number of aromatic amines is 1. The molecule has 1 aromatic heterocycles. The number of aliphatic carboxylic acids is 1. The summed E-state index contributed by atoms with van der Waals surface area (Å²) < 4.78 is 0. The predicted molar refractivity (Wildman–Crippen MR) is 80.1 cm³/mol. The molecule has 0 saturated carbocycles. The highest BCUT2D eigenvalue weighted by molar-refractivity contribution is 7.15. The van der Waals surface area contributed by atoms with Crippen LogP contribution in [0.1, 0.15) is 18.7 Å². The number of hydrazone groups is 1. The van der Waals surface area contributed by atoms with Crippen molar-refractivity contribution < 1.29 is 31.9 Å². The van der Waals surface area contributed by atoms with Crippen LogP contribution in [0, 0.1) is 0 Å². The summed E-state index contributed by atoms with van der Waals surface area (Å²) in [7, 11) is 0. The van der Waals surface area contributed by atoms with Crippen molar-refractivity contribution in [2.45, 2.75) is 20.3 Å². The Morgan fingerprint density at radius 3 is 2.57 bits per heavy atom. The molecular formula is C14H16BrN3O2S. The molecule has 2 aromatic rings. The Labute approximate surface area is 137 Å². The molecule has 0 amide bonds. The van der Waals surface area contributed by atoms with Crippen molar-refractivity contribution in [3.8, 4) is 11.3 Å². The molecule has 0 radical (unpaired) electrons. The molecule has 112 valence electrons. The highest BCUT2D eigenvalue weighted by Gasteiger charge is 2.19. The first-order valence-electron chi connectivity index (χ1n) is 6.15. The van der Waals surface area contributed by atoms with Crippen molar-refractivity contribution in [1.82, 2.24) is 0 Å². The van der Waals surface area contributed by atoms with Crippen LogP contribution in [0.5, 0.6) is 0 Å². The quantitative estimate of drug-likeness (QED) is 0.559. The smallest absolute Gasteiger partial charge is 0.357 e. The van der Waals surface area contributed by atoms with Gasteiger partial charge >= 0.3 is 11.1 Å². The van der Waals surface area contributed by atoms with Gasteiger partial charge in [-0.3, -0.25) is 4.79 Å². The van der Waals surface area contributed by atoms with Gasteiger partial charge in [-0.25, -0.2) is 4.98 Å². The zero-order chi connectivity index (χ0) is 14.5. The van der Waals surface area contributed by atoms with Crippen LogP contribution in [0.25, 0.3) is 11.3 Å². The largest absolute Gasteiger partial charge is 1.00 e. The molecule has 0 aliphatic carbocycles. The molecule has 0 atom stereocenters. The maximum atomic E-state index is 11.0. The number of carboxylic acids is 1. The van der Waals surface area contributed by atoms with Gasteiger partial charge in [-0.1, -0.05) is 35.4 Å². The molecule has 0 aliphatic rings. The van der Waals surface area contributed by atoms with Crippen molar-refractivity contribution in [3.63, 3.8) is 0 Å². The first-order chi connectivity index (χ1) is 9.56. The van der Waals surface area contributed by atoms with E-state index in [1.54, 1.807) is 0 Å². The number of hydrogen-bond acceptors (Lipinski definition) is 4. The van der Waals surface area contributed by atoms with Gasteiger partial charge in [0.25, 0.3) is 0 Å². The van der Waals surface area contributed by atoms with Crippen molar-refractivity contribution in [3.05, 3.63) is 35.2 Å². The second kappa shape index (κ2) is 7.90. The molecule has 5 nitrogen and oxygen atoms in total.